The van der Waals surface area contributed by atoms with Gasteiger partial charge in [0.2, 0.25) is 0 Å². The Labute approximate surface area is 125 Å². The topological polar surface area (TPSA) is 101 Å². The predicted octanol–water partition coefficient (Wildman–Crippen LogP) is 2.84. The van der Waals surface area contributed by atoms with Crippen molar-refractivity contribution in [2.45, 2.75) is 71.3 Å². The lowest BCUT2D eigenvalue weighted by molar-refractivity contribution is -0.147. The lowest BCUT2D eigenvalue weighted by Crippen LogP contribution is -2.13. The fourth-order valence-corrected chi connectivity index (χ4v) is 2.11. The van der Waals surface area contributed by atoms with Crippen molar-refractivity contribution < 1.29 is 29.3 Å². The Bertz CT molecular complexity index is 337. The molecule has 0 aliphatic heterocycles. The van der Waals surface area contributed by atoms with Crippen molar-refractivity contribution in [3.63, 3.8) is 0 Å². The van der Waals surface area contributed by atoms with E-state index in [2.05, 4.69) is 0 Å². The van der Waals surface area contributed by atoms with Crippen LogP contribution in [-0.2, 0) is 19.1 Å². The van der Waals surface area contributed by atoms with Gasteiger partial charge in [-0.05, 0) is 39.0 Å². The summed E-state index contributed by atoms with van der Waals surface area (Å²) >= 11 is 0. The van der Waals surface area contributed by atoms with Gasteiger partial charge in [0.15, 0.2) is 0 Å². The standard InChI is InChI=1S/C15H26O6/c1-11(2)21-15(20)10-8-12(7-9-14(18)19)5-3-4-6-13(16)17/h11-12H,3-10H2,1-2H3,(H,16,17)(H,18,19). The van der Waals surface area contributed by atoms with Gasteiger partial charge >= 0.3 is 17.9 Å². The molecule has 21 heavy (non-hydrogen) atoms. The minimum Gasteiger partial charge on any atom is -0.481 e. The molecule has 0 aromatic carbocycles. The van der Waals surface area contributed by atoms with E-state index in [0.717, 1.165) is 12.8 Å². The monoisotopic (exact) mass is 302 g/mol. The molecular weight excluding hydrogens is 276 g/mol. The molecule has 0 aromatic heterocycles. The summed E-state index contributed by atoms with van der Waals surface area (Å²) in [6.07, 6.45) is 3.49. The zero-order valence-electron chi connectivity index (χ0n) is 12.8. The summed E-state index contributed by atoms with van der Waals surface area (Å²) in [6, 6.07) is 0. The largest absolute Gasteiger partial charge is 0.481 e. The number of carboxylic acid groups (broad SMARTS) is 2. The van der Waals surface area contributed by atoms with Crippen LogP contribution >= 0.6 is 0 Å². The number of aliphatic carboxylic acids is 2. The van der Waals surface area contributed by atoms with E-state index in [1.807, 2.05) is 0 Å². The SMILES string of the molecule is CC(C)OC(=O)CCC(CCCCC(=O)O)CCC(=O)O. The van der Waals surface area contributed by atoms with Crippen molar-refractivity contribution >= 4 is 17.9 Å². The highest BCUT2D eigenvalue weighted by Crippen LogP contribution is 2.21. The molecule has 6 nitrogen and oxygen atoms in total. The highest BCUT2D eigenvalue weighted by atomic mass is 16.5. The molecule has 0 amide bonds. The van der Waals surface area contributed by atoms with E-state index in [1.54, 1.807) is 13.8 Å². The normalized spacial score (nSPS) is 12.1. The summed E-state index contributed by atoms with van der Waals surface area (Å²) in [4.78, 5) is 32.6. The third kappa shape index (κ3) is 13.2. The zero-order chi connectivity index (χ0) is 16.3. The molecule has 0 fully saturated rings. The Morgan fingerprint density at radius 1 is 0.857 bits per heavy atom. The molecule has 122 valence electrons. The van der Waals surface area contributed by atoms with Gasteiger partial charge in [-0.1, -0.05) is 12.8 Å². The second-order valence-corrected chi connectivity index (χ2v) is 5.52. The molecule has 0 radical (unpaired) electrons. The first-order valence-corrected chi connectivity index (χ1v) is 7.44. The summed E-state index contributed by atoms with van der Waals surface area (Å²) < 4.78 is 5.05. The molecule has 2 N–H and O–H groups in total. The van der Waals surface area contributed by atoms with Crippen LogP contribution < -0.4 is 0 Å². The highest BCUT2D eigenvalue weighted by molar-refractivity contribution is 5.69. The predicted molar refractivity (Wildman–Crippen MR) is 76.9 cm³/mol. The number of rotatable bonds is 12. The fourth-order valence-electron chi connectivity index (χ4n) is 2.11. The Kier molecular flexibility index (Phi) is 10.3. The maximum absolute atomic E-state index is 11.5. The van der Waals surface area contributed by atoms with Gasteiger partial charge in [-0.2, -0.15) is 0 Å². The number of ether oxygens (including phenoxy) is 1. The van der Waals surface area contributed by atoms with Crippen molar-refractivity contribution in [3.05, 3.63) is 0 Å². The summed E-state index contributed by atoms with van der Waals surface area (Å²) in [5.74, 6) is -1.82. The van der Waals surface area contributed by atoms with Gasteiger partial charge in [0.1, 0.15) is 0 Å². The molecule has 0 saturated heterocycles. The van der Waals surface area contributed by atoms with E-state index >= 15 is 0 Å². The molecule has 0 bridgehead atoms. The summed E-state index contributed by atoms with van der Waals surface area (Å²) in [7, 11) is 0. The van der Waals surface area contributed by atoms with Gasteiger partial charge in [0.25, 0.3) is 0 Å². The fraction of sp³-hybridized carbons (Fsp3) is 0.800. The Morgan fingerprint density at radius 2 is 1.43 bits per heavy atom. The third-order valence-corrected chi connectivity index (χ3v) is 3.14. The average Bonchev–Trinajstić information content (AvgIpc) is 2.35. The van der Waals surface area contributed by atoms with E-state index in [4.69, 9.17) is 14.9 Å². The molecule has 1 unspecified atom stereocenters. The van der Waals surface area contributed by atoms with Crippen LogP contribution in [0.1, 0.15) is 65.2 Å². The number of carbonyl (C=O) groups excluding carboxylic acids is 1. The number of hydrogen-bond acceptors (Lipinski definition) is 4. The van der Waals surface area contributed by atoms with Crippen LogP contribution in [0.15, 0.2) is 0 Å². The van der Waals surface area contributed by atoms with E-state index in [0.29, 0.717) is 19.3 Å². The Hall–Kier alpha value is -1.59. The van der Waals surface area contributed by atoms with Gasteiger partial charge in [-0.3, -0.25) is 14.4 Å². The number of hydrogen-bond donors (Lipinski definition) is 2. The van der Waals surface area contributed by atoms with Crippen molar-refractivity contribution in [2.24, 2.45) is 5.92 Å². The molecule has 0 spiro atoms. The molecule has 0 rings (SSSR count). The van der Waals surface area contributed by atoms with Crippen LogP contribution in [0.4, 0.5) is 0 Å². The van der Waals surface area contributed by atoms with E-state index < -0.39 is 11.9 Å². The van der Waals surface area contributed by atoms with Crippen LogP contribution in [0, 0.1) is 5.92 Å². The second-order valence-electron chi connectivity index (χ2n) is 5.52. The van der Waals surface area contributed by atoms with Gasteiger partial charge in [0.05, 0.1) is 6.10 Å². The van der Waals surface area contributed by atoms with E-state index in [9.17, 15) is 14.4 Å². The van der Waals surface area contributed by atoms with Gasteiger partial charge in [0, 0.05) is 19.3 Å². The maximum atomic E-state index is 11.5. The highest BCUT2D eigenvalue weighted by Gasteiger charge is 2.14. The smallest absolute Gasteiger partial charge is 0.306 e. The molecule has 0 aliphatic rings. The van der Waals surface area contributed by atoms with Crippen LogP contribution in [0.3, 0.4) is 0 Å². The van der Waals surface area contributed by atoms with Crippen molar-refractivity contribution in [3.8, 4) is 0 Å². The Morgan fingerprint density at radius 3 is 1.95 bits per heavy atom. The molecule has 1 atom stereocenters. The van der Waals surface area contributed by atoms with Crippen molar-refractivity contribution in [2.75, 3.05) is 0 Å². The molecule has 0 saturated carbocycles. The second kappa shape index (κ2) is 11.1. The average molecular weight is 302 g/mol. The lowest BCUT2D eigenvalue weighted by Gasteiger charge is -2.16. The first kappa shape index (κ1) is 19.4. The molecule has 0 aliphatic carbocycles. The van der Waals surface area contributed by atoms with Crippen molar-refractivity contribution in [1.82, 2.24) is 0 Å². The van der Waals surface area contributed by atoms with E-state index in [1.165, 1.54) is 0 Å². The van der Waals surface area contributed by atoms with Gasteiger partial charge in [-0.25, -0.2) is 0 Å². The molecule has 0 heterocycles. The number of unbranched alkanes of at least 4 members (excludes halogenated alkanes) is 1. The lowest BCUT2D eigenvalue weighted by atomic mass is 9.92. The maximum Gasteiger partial charge on any atom is 0.306 e. The summed E-state index contributed by atoms with van der Waals surface area (Å²) in [6.45, 7) is 3.57. The van der Waals surface area contributed by atoms with Crippen LogP contribution in [0.5, 0.6) is 0 Å². The number of carbonyl (C=O) groups is 3. The zero-order valence-corrected chi connectivity index (χ0v) is 12.8. The number of carboxylic acids is 2. The Balaban J connectivity index is 4.09. The van der Waals surface area contributed by atoms with Crippen LogP contribution in [-0.4, -0.2) is 34.2 Å². The molecule has 0 aromatic rings. The summed E-state index contributed by atoms with van der Waals surface area (Å²) in [5, 5.41) is 17.3. The molecule has 6 heteroatoms. The van der Waals surface area contributed by atoms with Crippen LogP contribution in [0.25, 0.3) is 0 Å². The van der Waals surface area contributed by atoms with Gasteiger partial charge < -0.3 is 14.9 Å². The minimum absolute atomic E-state index is 0.0722. The first-order valence-electron chi connectivity index (χ1n) is 7.44. The quantitative estimate of drug-likeness (QED) is 0.424. The van der Waals surface area contributed by atoms with Crippen molar-refractivity contribution in [1.29, 1.82) is 0 Å². The minimum atomic E-state index is -0.852. The third-order valence-electron chi connectivity index (χ3n) is 3.14. The van der Waals surface area contributed by atoms with Gasteiger partial charge in [-0.15, -0.1) is 0 Å². The van der Waals surface area contributed by atoms with Crippen LogP contribution in [0.2, 0.25) is 0 Å². The number of esters is 1. The summed E-state index contributed by atoms with van der Waals surface area (Å²) in [5.41, 5.74) is 0. The first-order chi connectivity index (χ1) is 9.81. The van der Waals surface area contributed by atoms with E-state index in [-0.39, 0.29) is 37.3 Å². The molecular formula is C15H26O6.